The second-order valence-electron chi connectivity index (χ2n) is 4.61. The monoisotopic (exact) mass is 309 g/mol. The lowest BCUT2D eigenvalue weighted by Gasteiger charge is -2.22. The van der Waals surface area contributed by atoms with Crippen LogP contribution in [0, 0.1) is 0 Å². The quantitative estimate of drug-likeness (QED) is 0.937. The molecule has 0 bridgehead atoms. The molecule has 0 saturated carbocycles. The number of nitrogens with one attached hydrogen (secondary N) is 1. The zero-order valence-corrected chi connectivity index (χ0v) is 11.9. The molecule has 0 amide bonds. The molecule has 5 nitrogen and oxygen atoms in total. The van der Waals surface area contributed by atoms with Gasteiger partial charge in [-0.3, -0.25) is 0 Å². The van der Waals surface area contributed by atoms with Gasteiger partial charge in [0.05, 0.1) is 0 Å². The van der Waals surface area contributed by atoms with Gasteiger partial charge < -0.3 is 10.2 Å². The Morgan fingerprint density at radius 1 is 1.50 bits per heavy atom. The number of anilines is 1. The highest BCUT2D eigenvalue weighted by Crippen LogP contribution is 2.23. The number of rotatable bonds is 3. The smallest absolute Gasteiger partial charge is 0.245 e. The highest BCUT2D eigenvalue weighted by Gasteiger charge is 2.26. The lowest BCUT2D eigenvalue weighted by Crippen LogP contribution is -2.37. The average molecular weight is 310 g/mol. The van der Waals surface area contributed by atoms with Gasteiger partial charge in [0, 0.05) is 29.8 Å². The molecule has 0 aliphatic carbocycles. The van der Waals surface area contributed by atoms with Crippen molar-refractivity contribution < 1.29 is 0 Å². The molecule has 3 rings (SSSR count). The number of likely N-dealkylation sites (N-methyl/N-ethyl adjacent to an activating group) is 1. The van der Waals surface area contributed by atoms with Gasteiger partial charge in [-0.05, 0) is 48.0 Å². The van der Waals surface area contributed by atoms with Crippen molar-refractivity contribution in [3.8, 4) is 0 Å². The highest BCUT2D eigenvalue weighted by atomic mass is 79.9. The summed E-state index contributed by atoms with van der Waals surface area (Å²) in [6.07, 6.45) is 4.36. The van der Waals surface area contributed by atoms with Crippen molar-refractivity contribution in [2.75, 3.05) is 25.0 Å². The van der Waals surface area contributed by atoms with Crippen LogP contribution in [-0.4, -0.2) is 40.8 Å². The first-order valence-corrected chi connectivity index (χ1v) is 7.00. The Bertz CT molecular complexity index is 552. The fraction of sp³-hybridized carbons (Fsp3) is 0.500. The minimum atomic E-state index is 0.510. The maximum absolute atomic E-state index is 4.60. The topological polar surface area (TPSA) is 45.5 Å². The van der Waals surface area contributed by atoms with Crippen LogP contribution >= 0.6 is 15.9 Å². The Hall–Kier alpha value is -1.14. The van der Waals surface area contributed by atoms with Crippen LogP contribution in [0.15, 0.2) is 22.8 Å². The molecular weight excluding hydrogens is 294 g/mol. The van der Waals surface area contributed by atoms with E-state index in [4.69, 9.17) is 0 Å². The van der Waals surface area contributed by atoms with E-state index in [0.29, 0.717) is 6.04 Å². The second kappa shape index (κ2) is 4.85. The molecule has 3 heterocycles. The van der Waals surface area contributed by atoms with Crippen molar-refractivity contribution in [3.63, 3.8) is 0 Å². The van der Waals surface area contributed by atoms with E-state index in [1.165, 1.54) is 12.8 Å². The molecular formula is C12H16BrN5. The van der Waals surface area contributed by atoms with E-state index in [-0.39, 0.29) is 0 Å². The first-order valence-electron chi connectivity index (χ1n) is 6.21. The third-order valence-electron chi connectivity index (χ3n) is 3.36. The van der Waals surface area contributed by atoms with Gasteiger partial charge in [0.2, 0.25) is 5.95 Å². The molecule has 2 aromatic heterocycles. The van der Waals surface area contributed by atoms with Crippen LogP contribution in [0.25, 0.3) is 5.65 Å². The van der Waals surface area contributed by atoms with Crippen molar-refractivity contribution in [2.24, 2.45) is 0 Å². The lowest BCUT2D eigenvalue weighted by atomic mass is 10.2. The van der Waals surface area contributed by atoms with Gasteiger partial charge in [-0.15, -0.1) is 5.10 Å². The zero-order chi connectivity index (χ0) is 12.5. The highest BCUT2D eigenvalue weighted by molar-refractivity contribution is 9.10. The summed E-state index contributed by atoms with van der Waals surface area (Å²) in [4.78, 5) is 6.90. The number of halogens is 1. The minimum absolute atomic E-state index is 0.510. The fourth-order valence-electron chi connectivity index (χ4n) is 2.51. The molecule has 1 N–H and O–H groups in total. The molecule has 0 aromatic carbocycles. The van der Waals surface area contributed by atoms with Gasteiger partial charge in [0.1, 0.15) is 0 Å². The molecule has 1 saturated heterocycles. The Labute approximate surface area is 114 Å². The van der Waals surface area contributed by atoms with E-state index >= 15 is 0 Å². The molecule has 1 fully saturated rings. The zero-order valence-electron chi connectivity index (χ0n) is 10.3. The summed E-state index contributed by atoms with van der Waals surface area (Å²) in [6.45, 7) is 2.03. The van der Waals surface area contributed by atoms with Crippen molar-refractivity contribution in [1.82, 2.24) is 19.9 Å². The van der Waals surface area contributed by atoms with Crippen LogP contribution in [0.5, 0.6) is 0 Å². The predicted molar refractivity (Wildman–Crippen MR) is 75.0 cm³/mol. The van der Waals surface area contributed by atoms with E-state index in [1.807, 2.05) is 29.9 Å². The number of aromatic nitrogens is 3. The van der Waals surface area contributed by atoms with Crippen molar-refractivity contribution in [3.05, 3.63) is 22.8 Å². The maximum Gasteiger partial charge on any atom is 0.245 e. The average Bonchev–Trinajstić information content (AvgIpc) is 2.94. The van der Waals surface area contributed by atoms with E-state index < -0.39 is 0 Å². The minimum Gasteiger partial charge on any atom is -0.335 e. The summed E-state index contributed by atoms with van der Waals surface area (Å²) in [5.74, 6) is 0.839. The largest absolute Gasteiger partial charge is 0.335 e. The Morgan fingerprint density at radius 2 is 2.39 bits per heavy atom. The summed E-state index contributed by atoms with van der Waals surface area (Å²) >= 11 is 3.45. The van der Waals surface area contributed by atoms with Crippen molar-refractivity contribution in [1.29, 1.82) is 0 Å². The SMILES string of the molecule is CNCC1CCCN1c1nc2ccc(Br)cn2n1. The van der Waals surface area contributed by atoms with Crippen LogP contribution in [0.4, 0.5) is 5.95 Å². The molecule has 2 aromatic rings. The third kappa shape index (κ3) is 2.10. The van der Waals surface area contributed by atoms with E-state index in [0.717, 1.165) is 29.2 Å². The molecule has 1 aliphatic heterocycles. The van der Waals surface area contributed by atoms with Gasteiger partial charge in [-0.2, -0.15) is 4.98 Å². The predicted octanol–water partition coefficient (Wildman–Crippen LogP) is 1.68. The van der Waals surface area contributed by atoms with Crippen LogP contribution in [0.2, 0.25) is 0 Å². The molecule has 6 heteroatoms. The molecule has 1 unspecified atom stereocenters. The first kappa shape index (κ1) is 11.9. The molecule has 96 valence electrons. The summed E-state index contributed by atoms with van der Waals surface area (Å²) in [6, 6.07) is 4.47. The van der Waals surface area contributed by atoms with Gasteiger partial charge in [0.15, 0.2) is 5.65 Å². The van der Waals surface area contributed by atoms with Gasteiger partial charge in [-0.1, -0.05) is 0 Å². The van der Waals surface area contributed by atoms with Gasteiger partial charge in [-0.25, -0.2) is 4.52 Å². The van der Waals surface area contributed by atoms with Crippen molar-refractivity contribution >= 4 is 27.5 Å². The van der Waals surface area contributed by atoms with E-state index in [1.54, 1.807) is 0 Å². The molecule has 0 spiro atoms. The molecule has 0 radical (unpaired) electrons. The Kier molecular flexibility index (Phi) is 3.22. The van der Waals surface area contributed by atoms with Crippen LogP contribution in [0.3, 0.4) is 0 Å². The van der Waals surface area contributed by atoms with Crippen molar-refractivity contribution in [2.45, 2.75) is 18.9 Å². The maximum atomic E-state index is 4.60. The second-order valence-corrected chi connectivity index (χ2v) is 5.52. The summed E-state index contributed by atoms with van der Waals surface area (Å²) in [5.41, 5.74) is 0.892. The van der Waals surface area contributed by atoms with Crippen LogP contribution < -0.4 is 10.2 Å². The number of hydrogen-bond donors (Lipinski definition) is 1. The standard InChI is InChI=1S/C12H16BrN5/c1-14-7-10-3-2-6-17(10)12-15-11-5-4-9(13)8-18(11)16-12/h4-5,8,10,14H,2-3,6-7H2,1H3. The summed E-state index contributed by atoms with van der Waals surface area (Å²) in [7, 11) is 1.99. The first-order chi connectivity index (χ1) is 8.78. The summed E-state index contributed by atoms with van der Waals surface area (Å²) in [5, 5.41) is 7.80. The third-order valence-corrected chi connectivity index (χ3v) is 3.83. The lowest BCUT2D eigenvalue weighted by molar-refractivity contribution is 0.607. The number of pyridine rings is 1. The molecule has 1 atom stereocenters. The van der Waals surface area contributed by atoms with E-state index in [9.17, 15) is 0 Å². The molecule has 1 aliphatic rings. The normalized spacial score (nSPS) is 19.9. The van der Waals surface area contributed by atoms with Gasteiger partial charge >= 0.3 is 0 Å². The van der Waals surface area contributed by atoms with Crippen LogP contribution in [0.1, 0.15) is 12.8 Å². The fourth-order valence-corrected chi connectivity index (χ4v) is 2.84. The van der Waals surface area contributed by atoms with E-state index in [2.05, 4.69) is 36.2 Å². The van der Waals surface area contributed by atoms with Crippen LogP contribution in [-0.2, 0) is 0 Å². The number of fused-ring (bicyclic) bond motifs is 1. The Morgan fingerprint density at radius 3 is 3.22 bits per heavy atom. The summed E-state index contributed by atoms with van der Waals surface area (Å²) < 4.78 is 2.84. The number of nitrogens with zero attached hydrogens (tertiary/aromatic N) is 4. The Balaban J connectivity index is 1.93. The molecule has 18 heavy (non-hydrogen) atoms. The number of hydrogen-bond acceptors (Lipinski definition) is 4. The van der Waals surface area contributed by atoms with Gasteiger partial charge in [0.25, 0.3) is 0 Å².